The molecule has 3 heterocycles. The van der Waals surface area contributed by atoms with Gasteiger partial charge in [0.05, 0.1) is 17.3 Å². The van der Waals surface area contributed by atoms with E-state index in [1.54, 1.807) is 6.26 Å². The molecule has 25 heavy (non-hydrogen) atoms. The van der Waals surface area contributed by atoms with E-state index in [1.165, 1.54) is 36.9 Å². The summed E-state index contributed by atoms with van der Waals surface area (Å²) < 4.78 is 9.33. The Labute approximate surface area is 147 Å². The van der Waals surface area contributed by atoms with Gasteiger partial charge in [0.15, 0.2) is 0 Å². The largest absolute Gasteiger partial charge is 0.464 e. The summed E-state index contributed by atoms with van der Waals surface area (Å²) in [5.41, 5.74) is 3.35. The number of nitrogens with zero attached hydrogens (tertiary/aromatic N) is 1. The van der Waals surface area contributed by atoms with Crippen LogP contribution in [0.3, 0.4) is 0 Å². The Morgan fingerprint density at radius 2 is 1.60 bits per heavy atom. The number of aromatic nitrogens is 1. The van der Waals surface area contributed by atoms with Crippen LogP contribution in [-0.4, -0.2) is 4.57 Å². The first kappa shape index (κ1) is 13.3. The minimum atomic E-state index is 0.928. The highest BCUT2D eigenvalue weighted by molar-refractivity contribution is 7.21. The minimum Gasteiger partial charge on any atom is -0.464 e. The van der Waals surface area contributed by atoms with E-state index in [-0.39, 0.29) is 0 Å². The average molecular weight is 339 g/mol. The highest BCUT2D eigenvalue weighted by Gasteiger charge is 2.15. The predicted molar refractivity (Wildman–Crippen MR) is 106 cm³/mol. The standard InChI is InChI=1S/C22H13NOS/c1-4-8-21-15(5-1)12-22(25-21)23-18-7-3-2-6-16(18)17-11-14-9-10-24-20(14)13-19(17)23/h1-13H. The van der Waals surface area contributed by atoms with Crippen LogP contribution < -0.4 is 0 Å². The molecular weight excluding hydrogens is 326 g/mol. The predicted octanol–water partition coefficient (Wildman–Crippen LogP) is 6.74. The summed E-state index contributed by atoms with van der Waals surface area (Å²) in [7, 11) is 0. The molecule has 6 aromatic rings. The second-order valence-corrected chi connectivity index (χ2v) is 7.37. The Morgan fingerprint density at radius 3 is 2.56 bits per heavy atom. The van der Waals surface area contributed by atoms with Crippen molar-refractivity contribution < 1.29 is 4.42 Å². The summed E-state index contributed by atoms with van der Waals surface area (Å²) in [4.78, 5) is 0. The van der Waals surface area contributed by atoms with Gasteiger partial charge in [-0.25, -0.2) is 0 Å². The quantitative estimate of drug-likeness (QED) is 0.324. The summed E-state index contributed by atoms with van der Waals surface area (Å²) in [6, 6.07) is 25.9. The first-order chi connectivity index (χ1) is 12.4. The molecule has 0 aliphatic heterocycles. The SMILES string of the molecule is c1ccc2sc(-n3c4ccccc4c4cc5ccoc5cc43)cc2c1. The van der Waals surface area contributed by atoms with E-state index >= 15 is 0 Å². The third kappa shape index (κ3) is 1.79. The summed E-state index contributed by atoms with van der Waals surface area (Å²) in [5.74, 6) is 0. The van der Waals surface area contributed by atoms with Gasteiger partial charge in [-0.2, -0.15) is 0 Å². The van der Waals surface area contributed by atoms with E-state index in [2.05, 4.69) is 71.3 Å². The molecule has 0 atom stereocenters. The van der Waals surface area contributed by atoms with Gasteiger partial charge in [0.25, 0.3) is 0 Å². The van der Waals surface area contributed by atoms with Crippen molar-refractivity contribution in [3.63, 3.8) is 0 Å². The van der Waals surface area contributed by atoms with Gasteiger partial charge < -0.3 is 8.98 Å². The van der Waals surface area contributed by atoms with Crippen molar-refractivity contribution in [2.75, 3.05) is 0 Å². The van der Waals surface area contributed by atoms with Crippen LogP contribution in [0.4, 0.5) is 0 Å². The fourth-order valence-electron chi connectivity index (χ4n) is 3.74. The minimum absolute atomic E-state index is 0.928. The molecule has 0 aliphatic carbocycles. The molecule has 3 aromatic carbocycles. The number of hydrogen-bond donors (Lipinski definition) is 0. The smallest absolute Gasteiger partial charge is 0.135 e. The molecule has 2 nitrogen and oxygen atoms in total. The van der Waals surface area contributed by atoms with Gasteiger partial charge in [0.1, 0.15) is 10.6 Å². The molecular formula is C22H13NOS. The summed E-state index contributed by atoms with van der Waals surface area (Å²) >= 11 is 1.82. The zero-order valence-electron chi connectivity index (χ0n) is 13.3. The number of fused-ring (bicyclic) bond motifs is 5. The lowest BCUT2D eigenvalue weighted by molar-refractivity contribution is 0.616. The maximum atomic E-state index is 5.66. The van der Waals surface area contributed by atoms with Crippen LogP contribution in [0.15, 0.2) is 83.5 Å². The van der Waals surface area contributed by atoms with Crippen LogP contribution in [0.25, 0.3) is 47.9 Å². The van der Waals surface area contributed by atoms with E-state index in [4.69, 9.17) is 4.42 Å². The van der Waals surface area contributed by atoms with Crippen molar-refractivity contribution in [3.8, 4) is 5.00 Å². The van der Waals surface area contributed by atoms with Crippen molar-refractivity contribution >= 4 is 54.2 Å². The molecule has 0 saturated heterocycles. The first-order valence-electron chi connectivity index (χ1n) is 8.28. The highest BCUT2D eigenvalue weighted by atomic mass is 32.1. The molecule has 3 aromatic heterocycles. The van der Waals surface area contributed by atoms with Crippen LogP contribution in [0.2, 0.25) is 0 Å². The lowest BCUT2D eigenvalue weighted by atomic mass is 10.1. The summed E-state index contributed by atoms with van der Waals surface area (Å²) in [5, 5.41) is 6.21. The fourth-order valence-corrected chi connectivity index (χ4v) is 4.83. The number of rotatable bonds is 1. The first-order valence-corrected chi connectivity index (χ1v) is 9.09. The van der Waals surface area contributed by atoms with E-state index in [1.807, 2.05) is 17.4 Å². The Morgan fingerprint density at radius 1 is 0.720 bits per heavy atom. The second kappa shape index (κ2) is 4.74. The molecule has 0 spiro atoms. The summed E-state index contributed by atoms with van der Waals surface area (Å²) in [6.07, 6.45) is 1.76. The maximum absolute atomic E-state index is 5.66. The normalized spacial score (nSPS) is 12.0. The number of para-hydroxylation sites is 1. The molecule has 6 rings (SSSR count). The van der Waals surface area contributed by atoms with Crippen molar-refractivity contribution in [1.29, 1.82) is 0 Å². The topological polar surface area (TPSA) is 18.1 Å². The third-order valence-corrected chi connectivity index (χ3v) is 5.98. The van der Waals surface area contributed by atoms with Crippen LogP contribution in [-0.2, 0) is 0 Å². The van der Waals surface area contributed by atoms with Crippen molar-refractivity contribution in [1.82, 2.24) is 4.57 Å². The van der Waals surface area contributed by atoms with Crippen LogP contribution in [0.1, 0.15) is 0 Å². The highest BCUT2D eigenvalue weighted by Crippen LogP contribution is 2.38. The van der Waals surface area contributed by atoms with Gasteiger partial charge in [-0.15, -0.1) is 11.3 Å². The van der Waals surface area contributed by atoms with Gasteiger partial charge >= 0.3 is 0 Å². The lowest BCUT2D eigenvalue weighted by Gasteiger charge is -2.03. The number of hydrogen-bond acceptors (Lipinski definition) is 2. The van der Waals surface area contributed by atoms with E-state index in [9.17, 15) is 0 Å². The van der Waals surface area contributed by atoms with Gasteiger partial charge in [-0.05, 0) is 35.7 Å². The summed E-state index contributed by atoms with van der Waals surface area (Å²) in [6.45, 7) is 0. The van der Waals surface area contributed by atoms with Crippen molar-refractivity contribution in [3.05, 3.63) is 79.1 Å². The molecule has 3 heteroatoms. The van der Waals surface area contributed by atoms with E-state index < -0.39 is 0 Å². The Hall–Kier alpha value is -3.04. The molecule has 0 saturated carbocycles. The monoisotopic (exact) mass is 339 g/mol. The molecule has 0 amide bonds. The molecule has 0 bridgehead atoms. The van der Waals surface area contributed by atoms with Gasteiger partial charge in [-0.3, -0.25) is 0 Å². The Balaban J connectivity index is 1.82. The van der Waals surface area contributed by atoms with Crippen LogP contribution >= 0.6 is 11.3 Å². The Bertz CT molecular complexity index is 1370. The van der Waals surface area contributed by atoms with Gasteiger partial charge in [0.2, 0.25) is 0 Å². The maximum Gasteiger partial charge on any atom is 0.135 e. The lowest BCUT2D eigenvalue weighted by Crippen LogP contribution is -1.89. The van der Waals surface area contributed by atoms with Gasteiger partial charge in [0, 0.05) is 26.9 Å². The second-order valence-electron chi connectivity index (χ2n) is 6.30. The average Bonchev–Trinajstić information content (AvgIpc) is 3.34. The number of thiophene rings is 1. The van der Waals surface area contributed by atoms with Crippen molar-refractivity contribution in [2.24, 2.45) is 0 Å². The van der Waals surface area contributed by atoms with E-state index in [0.717, 1.165) is 11.0 Å². The molecule has 0 radical (unpaired) electrons. The van der Waals surface area contributed by atoms with Gasteiger partial charge in [-0.1, -0.05) is 36.4 Å². The van der Waals surface area contributed by atoms with Crippen LogP contribution in [0.5, 0.6) is 0 Å². The molecule has 118 valence electrons. The Kier molecular flexibility index (Phi) is 2.52. The molecule has 0 fully saturated rings. The van der Waals surface area contributed by atoms with E-state index in [0.29, 0.717) is 0 Å². The third-order valence-electron chi connectivity index (χ3n) is 4.88. The van der Waals surface area contributed by atoms with Crippen LogP contribution in [0, 0.1) is 0 Å². The van der Waals surface area contributed by atoms with Crippen molar-refractivity contribution in [2.45, 2.75) is 0 Å². The number of benzene rings is 3. The fraction of sp³-hybridized carbons (Fsp3) is 0. The molecule has 0 aliphatic rings. The zero-order valence-corrected chi connectivity index (χ0v) is 14.1. The molecule has 0 unspecified atom stereocenters. The molecule has 0 N–H and O–H groups in total. The number of furan rings is 1. The zero-order chi connectivity index (χ0) is 16.4.